The number of imidazole rings is 1. The predicted octanol–water partition coefficient (Wildman–Crippen LogP) is 2.55. The van der Waals surface area contributed by atoms with Crippen molar-refractivity contribution in [2.45, 2.75) is 46.6 Å². The molecule has 0 fully saturated rings. The van der Waals surface area contributed by atoms with E-state index in [1.165, 1.54) is 0 Å². The molecule has 0 amide bonds. The fraction of sp³-hybridized carbons (Fsp3) is 0.600. The molecule has 0 aliphatic rings. The number of rotatable bonds is 6. The first-order valence-electron chi connectivity index (χ1n) is 7.47. The molecular weight excluding hydrogens is 266 g/mol. The standard InChI is InChI=1S/C15H25N5O/c1-6-8-11-17-13(14(16)20(11)9-7-2)12-10(3)18-19(4)15(12)21-5/h6-9,16H2,1-5H3. The maximum Gasteiger partial charge on any atom is 0.221 e. The maximum atomic E-state index is 6.36. The Morgan fingerprint density at radius 1 is 1.24 bits per heavy atom. The summed E-state index contributed by atoms with van der Waals surface area (Å²) in [6.45, 7) is 7.13. The second-order valence-electron chi connectivity index (χ2n) is 5.26. The van der Waals surface area contributed by atoms with Crippen LogP contribution in [0, 0.1) is 6.92 Å². The summed E-state index contributed by atoms with van der Waals surface area (Å²) >= 11 is 0. The predicted molar refractivity (Wildman–Crippen MR) is 84.4 cm³/mol. The highest BCUT2D eigenvalue weighted by atomic mass is 16.5. The van der Waals surface area contributed by atoms with Crippen LogP contribution in [0.4, 0.5) is 5.82 Å². The van der Waals surface area contributed by atoms with Crippen LogP contribution in [-0.4, -0.2) is 26.4 Å². The van der Waals surface area contributed by atoms with Crippen molar-refractivity contribution in [2.75, 3.05) is 12.8 Å². The van der Waals surface area contributed by atoms with Gasteiger partial charge >= 0.3 is 0 Å². The van der Waals surface area contributed by atoms with E-state index in [9.17, 15) is 0 Å². The molecule has 2 heterocycles. The molecule has 6 heteroatoms. The first-order valence-corrected chi connectivity index (χ1v) is 7.47. The van der Waals surface area contributed by atoms with Gasteiger partial charge in [0.15, 0.2) is 0 Å². The Balaban J connectivity index is 2.62. The number of hydrogen-bond acceptors (Lipinski definition) is 4. The average molecular weight is 291 g/mol. The van der Waals surface area contributed by atoms with E-state index in [0.29, 0.717) is 11.7 Å². The lowest BCUT2D eigenvalue weighted by atomic mass is 10.2. The van der Waals surface area contributed by atoms with Gasteiger partial charge in [-0.2, -0.15) is 5.10 Å². The lowest BCUT2D eigenvalue weighted by molar-refractivity contribution is 0.374. The molecule has 0 unspecified atom stereocenters. The van der Waals surface area contributed by atoms with Crippen molar-refractivity contribution < 1.29 is 4.74 Å². The van der Waals surface area contributed by atoms with Gasteiger partial charge in [-0.1, -0.05) is 13.8 Å². The van der Waals surface area contributed by atoms with Gasteiger partial charge in [0.2, 0.25) is 5.88 Å². The molecule has 0 aromatic carbocycles. The van der Waals surface area contributed by atoms with Gasteiger partial charge in [-0.25, -0.2) is 9.67 Å². The third kappa shape index (κ3) is 2.62. The Labute approximate surface area is 125 Å². The Morgan fingerprint density at radius 3 is 2.52 bits per heavy atom. The molecule has 0 saturated carbocycles. The molecular formula is C15H25N5O. The number of nitrogens with zero attached hydrogens (tertiary/aromatic N) is 4. The molecule has 0 atom stereocenters. The third-order valence-electron chi connectivity index (χ3n) is 3.61. The van der Waals surface area contributed by atoms with Crippen LogP contribution in [0.3, 0.4) is 0 Å². The molecule has 0 spiro atoms. The van der Waals surface area contributed by atoms with Gasteiger partial charge in [-0.15, -0.1) is 0 Å². The molecule has 0 saturated heterocycles. The minimum absolute atomic E-state index is 0.698. The Hall–Kier alpha value is -1.98. The average Bonchev–Trinajstić information content (AvgIpc) is 2.89. The Morgan fingerprint density at radius 2 is 1.95 bits per heavy atom. The topological polar surface area (TPSA) is 70.9 Å². The van der Waals surface area contributed by atoms with Gasteiger partial charge < -0.3 is 15.0 Å². The fourth-order valence-electron chi connectivity index (χ4n) is 2.73. The second kappa shape index (κ2) is 6.20. The van der Waals surface area contributed by atoms with Crippen LogP contribution in [0.15, 0.2) is 0 Å². The highest BCUT2D eigenvalue weighted by Crippen LogP contribution is 2.36. The highest BCUT2D eigenvalue weighted by Gasteiger charge is 2.23. The van der Waals surface area contributed by atoms with Crippen LogP contribution in [0.1, 0.15) is 38.2 Å². The normalized spacial score (nSPS) is 11.1. The van der Waals surface area contributed by atoms with Crippen LogP contribution in [-0.2, 0) is 20.0 Å². The summed E-state index contributed by atoms with van der Waals surface area (Å²) in [7, 11) is 3.51. The van der Waals surface area contributed by atoms with Gasteiger partial charge in [0.25, 0.3) is 0 Å². The van der Waals surface area contributed by atoms with Gasteiger partial charge in [0, 0.05) is 20.0 Å². The number of methoxy groups -OCH3 is 1. The molecule has 0 bridgehead atoms. The molecule has 116 valence electrons. The number of ether oxygens (including phenoxy) is 1. The van der Waals surface area contributed by atoms with Crippen molar-refractivity contribution in [1.82, 2.24) is 19.3 Å². The SMILES string of the molecule is CCCc1nc(-c2c(C)nn(C)c2OC)c(N)n1CCC. The molecule has 0 aliphatic heterocycles. The summed E-state index contributed by atoms with van der Waals surface area (Å²) in [5, 5.41) is 4.42. The van der Waals surface area contributed by atoms with Crippen molar-refractivity contribution >= 4 is 5.82 Å². The number of anilines is 1. The van der Waals surface area contributed by atoms with Crippen LogP contribution in [0.25, 0.3) is 11.3 Å². The number of hydrogen-bond donors (Lipinski definition) is 1. The first-order chi connectivity index (χ1) is 10.0. The zero-order valence-corrected chi connectivity index (χ0v) is 13.6. The molecule has 6 nitrogen and oxygen atoms in total. The van der Waals surface area contributed by atoms with E-state index in [4.69, 9.17) is 15.5 Å². The molecule has 2 aromatic rings. The summed E-state index contributed by atoms with van der Waals surface area (Å²) in [4.78, 5) is 4.78. The van der Waals surface area contributed by atoms with E-state index in [-0.39, 0.29) is 0 Å². The second-order valence-corrected chi connectivity index (χ2v) is 5.26. The number of aromatic nitrogens is 4. The number of aryl methyl sites for hydroxylation is 3. The van der Waals surface area contributed by atoms with Crippen LogP contribution >= 0.6 is 0 Å². The highest BCUT2D eigenvalue weighted by molar-refractivity contribution is 5.77. The lowest BCUT2D eigenvalue weighted by Gasteiger charge is -2.07. The van der Waals surface area contributed by atoms with E-state index in [1.54, 1.807) is 11.8 Å². The minimum atomic E-state index is 0.698. The maximum absolute atomic E-state index is 6.36. The van der Waals surface area contributed by atoms with Crippen molar-refractivity contribution in [3.63, 3.8) is 0 Å². The largest absolute Gasteiger partial charge is 0.481 e. The first kappa shape index (κ1) is 15.4. The Bertz CT molecular complexity index is 627. The summed E-state index contributed by atoms with van der Waals surface area (Å²) in [5.74, 6) is 2.44. The van der Waals surface area contributed by atoms with Crippen LogP contribution in [0.2, 0.25) is 0 Å². The van der Waals surface area contributed by atoms with Gasteiger partial charge in [-0.3, -0.25) is 0 Å². The van der Waals surface area contributed by atoms with E-state index < -0.39 is 0 Å². The monoisotopic (exact) mass is 291 g/mol. The van der Waals surface area contributed by atoms with Crippen molar-refractivity contribution in [3.05, 3.63) is 11.5 Å². The van der Waals surface area contributed by atoms with E-state index >= 15 is 0 Å². The van der Waals surface area contributed by atoms with E-state index in [2.05, 4.69) is 23.5 Å². The quantitative estimate of drug-likeness (QED) is 0.888. The van der Waals surface area contributed by atoms with Gasteiger partial charge in [-0.05, 0) is 19.8 Å². The van der Waals surface area contributed by atoms with Crippen LogP contribution in [0.5, 0.6) is 5.88 Å². The van der Waals surface area contributed by atoms with E-state index in [0.717, 1.165) is 48.6 Å². The molecule has 21 heavy (non-hydrogen) atoms. The van der Waals surface area contributed by atoms with Crippen molar-refractivity contribution in [3.8, 4) is 17.1 Å². The third-order valence-corrected chi connectivity index (χ3v) is 3.61. The summed E-state index contributed by atoms with van der Waals surface area (Å²) in [5.41, 5.74) is 8.92. The zero-order chi connectivity index (χ0) is 15.6. The zero-order valence-electron chi connectivity index (χ0n) is 13.6. The molecule has 2 N–H and O–H groups in total. The summed E-state index contributed by atoms with van der Waals surface area (Å²) in [6, 6.07) is 0. The molecule has 0 aliphatic carbocycles. The molecule has 2 aromatic heterocycles. The smallest absolute Gasteiger partial charge is 0.221 e. The van der Waals surface area contributed by atoms with Gasteiger partial charge in [0.1, 0.15) is 17.3 Å². The van der Waals surface area contributed by atoms with Gasteiger partial charge in [0.05, 0.1) is 18.4 Å². The fourth-order valence-corrected chi connectivity index (χ4v) is 2.73. The minimum Gasteiger partial charge on any atom is -0.481 e. The summed E-state index contributed by atoms with van der Waals surface area (Å²) < 4.78 is 9.31. The lowest BCUT2D eigenvalue weighted by Crippen LogP contribution is -2.06. The summed E-state index contributed by atoms with van der Waals surface area (Å²) in [6.07, 6.45) is 2.99. The Kier molecular flexibility index (Phi) is 4.55. The van der Waals surface area contributed by atoms with Crippen molar-refractivity contribution in [2.24, 2.45) is 7.05 Å². The molecule has 2 rings (SSSR count). The number of nitrogen functional groups attached to an aromatic ring is 1. The van der Waals surface area contributed by atoms with Crippen LogP contribution < -0.4 is 10.5 Å². The van der Waals surface area contributed by atoms with Crippen molar-refractivity contribution in [1.29, 1.82) is 0 Å². The van der Waals surface area contributed by atoms with E-state index in [1.807, 2.05) is 14.0 Å². The molecule has 0 radical (unpaired) electrons. The number of nitrogens with two attached hydrogens (primary N) is 1.